The minimum atomic E-state index is -1.08. The SMILES string of the molecule is O=C(O)c1ccnc(-c2nccc(C(=O)O)c2Cc2ccccc2)c1. The van der Waals surface area contributed by atoms with Crippen molar-refractivity contribution in [3.63, 3.8) is 0 Å². The zero-order valence-corrected chi connectivity index (χ0v) is 13.1. The molecule has 0 aliphatic carbocycles. The first-order valence-corrected chi connectivity index (χ1v) is 7.51. The van der Waals surface area contributed by atoms with Crippen molar-refractivity contribution in [3.05, 3.63) is 83.2 Å². The summed E-state index contributed by atoms with van der Waals surface area (Å²) in [4.78, 5) is 31.3. The number of carbonyl (C=O) groups is 2. The fourth-order valence-corrected chi connectivity index (χ4v) is 2.59. The van der Waals surface area contributed by atoms with Gasteiger partial charge in [0, 0.05) is 18.8 Å². The van der Waals surface area contributed by atoms with Gasteiger partial charge in [0.05, 0.1) is 22.5 Å². The minimum absolute atomic E-state index is 0.0678. The summed E-state index contributed by atoms with van der Waals surface area (Å²) >= 11 is 0. The molecule has 0 saturated carbocycles. The Morgan fingerprint density at radius 3 is 2.28 bits per heavy atom. The molecule has 3 rings (SSSR count). The van der Waals surface area contributed by atoms with Crippen LogP contribution < -0.4 is 0 Å². The van der Waals surface area contributed by atoms with Crippen molar-refractivity contribution in [3.8, 4) is 11.4 Å². The predicted octanol–water partition coefficient (Wildman–Crippen LogP) is 3.13. The molecule has 0 bridgehead atoms. The molecule has 6 nitrogen and oxygen atoms in total. The molecule has 0 radical (unpaired) electrons. The van der Waals surface area contributed by atoms with Crippen molar-refractivity contribution in [2.75, 3.05) is 0 Å². The van der Waals surface area contributed by atoms with Crippen LogP contribution in [0.3, 0.4) is 0 Å². The molecule has 2 aromatic heterocycles. The second-order valence-electron chi connectivity index (χ2n) is 5.39. The number of pyridine rings is 2. The van der Waals surface area contributed by atoms with E-state index in [1.54, 1.807) is 0 Å². The maximum absolute atomic E-state index is 11.6. The van der Waals surface area contributed by atoms with Gasteiger partial charge in [-0.2, -0.15) is 0 Å². The minimum Gasteiger partial charge on any atom is -0.478 e. The highest BCUT2D eigenvalue weighted by molar-refractivity contribution is 5.92. The van der Waals surface area contributed by atoms with Crippen molar-refractivity contribution in [2.45, 2.75) is 6.42 Å². The van der Waals surface area contributed by atoms with Gasteiger partial charge in [-0.1, -0.05) is 30.3 Å². The van der Waals surface area contributed by atoms with Crippen LogP contribution >= 0.6 is 0 Å². The van der Waals surface area contributed by atoms with Gasteiger partial charge in [0.2, 0.25) is 0 Å². The number of aromatic nitrogens is 2. The standard InChI is InChI=1S/C19H14N2O4/c22-18(23)13-6-8-20-16(11-13)17-15(10-12-4-2-1-3-5-12)14(19(24)25)7-9-21-17/h1-9,11H,10H2,(H,22,23)(H,24,25). The Kier molecular flexibility index (Phi) is 4.52. The third kappa shape index (κ3) is 3.53. The van der Waals surface area contributed by atoms with Crippen LogP contribution in [-0.2, 0) is 6.42 Å². The van der Waals surface area contributed by atoms with E-state index in [9.17, 15) is 14.7 Å². The fourth-order valence-electron chi connectivity index (χ4n) is 2.59. The average Bonchev–Trinajstić information content (AvgIpc) is 2.62. The number of carboxylic acid groups (broad SMARTS) is 2. The first kappa shape index (κ1) is 16.3. The molecule has 0 unspecified atom stereocenters. The van der Waals surface area contributed by atoms with E-state index < -0.39 is 11.9 Å². The summed E-state index contributed by atoms with van der Waals surface area (Å²) in [6.07, 6.45) is 3.12. The van der Waals surface area contributed by atoms with Gasteiger partial charge < -0.3 is 10.2 Å². The van der Waals surface area contributed by atoms with Gasteiger partial charge in [-0.15, -0.1) is 0 Å². The molecule has 0 fully saturated rings. The monoisotopic (exact) mass is 334 g/mol. The number of carboxylic acids is 2. The predicted molar refractivity (Wildman–Crippen MR) is 90.6 cm³/mol. The molecule has 0 aliphatic heterocycles. The molecule has 0 atom stereocenters. The van der Waals surface area contributed by atoms with Crippen molar-refractivity contribution >= 4 is 11.9 Å². The average molecular weight is 334 g/mol. The normalized spacial score (nSPS) is 10.4. The summed E-state index contributed by atoms with van der Waals surface area (Å²) in [5, 5.41) is 18.7. The van der Waals surface area contributed by atoms with Gasteiger partial charge in [-0.25, -0.2) is 9.59 Å². The molecule has 6 heteroatoms. The van der Waals surface area contributed by atoms with Crippen LogP contribution in [0.1, 0.15) is 31.8 Å². The number of benzene rings is 1. The quantitative estimate of drug-likeness (QED) is 0.743. The molecule has 0 spiro atoms. The highest BCUT2D eigenvalue weighted by atomic mass is 16.4. The molecule has 3 aromatic rings. The second-order valence-corrected chi connectivity index (χ2v) is 5.39. The van der Waals surface area contributed by atoms with E-state index in [4.69, 9.17) is 5.11 Å². The van der Waals surface area contributed by atoms with E-state index in [-0.39, 0.29) is 11.1 Å². The van der Waals surface area contributed by atoms with Gasteiger partial charge in [-0.3, -0.25) is 9.97 Å². The Hall–Kier alpha value is -3.54. The van der Waals surface area contributed by atoms with E-state index in [1.807, 2.05) is 30.3 Å². The van der Waals surface area contributed by atoms with E-state index >= 15 is 0 Å². The summed E-state index contributed by atoms with van der Waals surface area (Å²) in [5.41, 5.74) is 2.31. The van der Waals surface area contributed by atoms with Crippen LogP contribution in [0.15, 0.2) is 60.9 Å². The lowest BCUT2D eigenvalue weighted by Gasteiger charge is -2.12. The third-order valence-electron chi connectivity index (χ3n) is 3.76. The zero-order chi connectivity index (χ0) is 17.8. The number of hydrogen-bond acceptors (Lipinski definition) is 4. The van der Waals surface area contributed by atoms with Crippen LogP contribution in [0.25, 0.3) is 11.4 Å². The van der Waals surface area contributed by atoms with Gasteiger partial charge in [-0.05, 0) is 29.3 Å². The van der Waals surface area contributed by atoms with Crippen molar-refractivity contribution in [2.24, 2.45) is 0 Å². The Morgan fingerprint density at radius 2 is 1.60 bits per heavy atom. The van der Waals surface area contributed by atoms with Crippen LogP contribution in [0.2, 0.25) is 0 Å². The molecule has 2 N–H and O–H groups in total. The summed E-state index contributed by atoms with van der Waals surface area (Å²) in [7, 11) is 0. The van der Waals surface area contributed by atoms with E-state index in [0.717, 1.165) is 5.56 Å². The Balaban J connectivity index is 2.16. The summed E-state index contributed by atoms with van der Waals surface area (Å²) in [6.45, 7) is 0. The Labute approximate surface area is 143 Å². The van der Waals surface area contributed by atoms with Gasteiger partial charge in [0.1, 0.15) is 0 Å². The van der Waals surface area contributed by atoms with Gasteiger partial charge >= 0.3 is 11.9 Å². The molecule has 0 saturated heterocycles. The first-order valence-electron chi connectivity index (χ1n) is 7.51. The summed E-state index contributed by atoms with van der Waals surface area (Å²) in [6, 6.07) is 13.6. The number of rotatable bonds is 5. The van der Waals surface area contributed by atoms with Crippen molar-refractivity contribution < 1.29 is 19.8 Å². The topological polar surface area (TPSA) is 100 Å². The van der Waals surface area contributed by atoms with Crippen LogP contribution in [0.5, 0.6) is 0 Å². The van der Waals surface area contributed by atoms with Crippen LogP contribution in [0.4, 0.5) is 0 Å². The van der Waals surface area contributed by atoms with Crippen LogP contribution in [0, 0.1) is 0 Å². The lowest BCUT2D eigenvalue weighted by Crippen LogP contribution is -2.07. The van der Waals surface area contributed by atoms with Gasteiger partial charge in [0.15, 0.2) is 0 Å². The van der Waals surface area contributed by atoms with Crippen molar-refractivity contribution in [1.29, 1.82) is 0 Å². The highest BCUT2D eigenvalue weighted by Crippen LogP contribution is 2.26. The van der Waals surface area contributed by atoms with Gasteiger partial charge in [0.25, 0.3) is 0 Å². The molecule has 2 heterocycles. The molecule has 0 aliphatic rings. The lowest BCUT2D eigenvalue weighted by atomic mass is 9.96. The Bertz CT molecular complexity index is 939. The fraction of sp³-hybridized carbons (Fsp3) is 0.0526. The molecule has 124 valence electrons. The number of hydrogen-bond donors (Lipinski definition) is 2. The van der Waals surface area contributed by atoms with Crippen LogP contribution in [-0.4, -0.2) is 32.1 Å². The summed E-state index contributed by atoms with van der Waals surface area (Å²) in [5.74, 6) is -2.15. The second kappa shape index (κ2) is 6.92. The zero-order valence-electron chi connectivity index (χ0n) is 13.1. The number of aromatic carboxylic acids is 2. The maximum Gasteiger partial charge on any atom is 0.336 e. The molecule has 1 aromatic carbocycles. The molecule has 25 heavy (non-hydrogen) atoms. The largest absolute Gasteiger partial charge is 0.478 e. The summed E-state index contributed by atoms with van der Waals surface area (Å²) < 4.78 is 0. The Morgan fingerprint density at radius 1 is 0.880 bits per heavy atom. The number of nitrogens with zero attached hydrogens (tertiary/aromatic N) is 2. The highest BCUT2D eigenvalue weighted by Gasteiger charge is 2.18. The smallest absolute Gasteiger partial charge is 0.336 e. The first-order chi connectivity index (χ1) is 12.1. The van der Waals surface area contributed by atoms with E-state index in [2.05, 4.69) is 9.97 Å². The lowest BCUT2D eigenvalue weighted by molar-refractivity contribution is 0.0685. The third-order valence-corrected chi connectivity index (χ3v) is 3.76. The molecular weight excluding hydrogens is 320 g/mol. The molecular formula is C19H14N2O4. The molecule has 0 amide bonds. The van der Waals surface area contributed by atoms with Crippen molar-refractivity contribution in [1.82, 2.24) is 9.97 Å². The maximum atomic E-state index is 11.6. The van der Waals surface area contributed by atoms with E-state index in [0.29, 0.717) is 23.4 Å². The van der Waals surface area contributed by atoms with E-state index in [1.165, 1.54) is 30.6 Å².